The number of rotatable bonds is 8. The van der Waals surface area contributed by atoms with Crippen molar-refractivity contribution in [3.63, 3.8) is 0 Å². The molecule has 2 amide bonds. The minimum Gasteiger partial charge on any atom is -0.492 e. The monoisotopic (exact) mass is 594 g/mol. The Balaban J connectivity index is 0.922. The van der Waals surface area contributed by atoms with Crippen molar-refractivity contribution in [1.82, 2.24) is 25.4 Å². The lowest BCUT2D eigenvalue weighted by molar-refractivity contribution is -0.0503. The van der Waals surface area contributed by atoms with Crippen LogP contribution in [0.5, 0.6) is 5.75 Å². The van der Waals surface area contributed by atoms with Crippen molar-refractivity contribution in [3.05, 3.63) is 65.6 Å². The molecule has 1 aromatic carbocycles. The summed E-state index contributed by atoms with van der Waals surface area (Å²) in [5.74, 6) is 3.96. The van der Waals surface area contributed by atoms with Gasteiger partial charge >= 0.3 is 0 Å². The molecule has 5 fully saturated rings. The third-order valence-electron chi connectivity index (χ3n) is 10.4. The molecule has 4 aliphatic carbocycles. The fraction of sp³-hybridized carbons (Fsp3) is 0.514. The van der Waals surface area contributed by atoms with Gasteiger partial charge in [0.05, 0.1) is 12.8 Å². The normalized spacial score (nSPS) is 25.6. The Morgan fingerprint density at radius 2 is 1.66 bits per heavy atom. The number of benzene rings is 1. The first-order valence-corrected chi connectivity index (χ1v) is 16.2. The van der Waals surface area contributed by atoms with Crippen molar-refractivity contribution in [1.29, 1.82) is 0 Å². The van der Waals surface area contributed by atoms with E-state index in [-0.39, 0.29) is 11.8 Å². The summed E-state index contributed by atoms with van der Waals surface area (Å²) < 4.78 is 5.60. The topological polar surface area (TPSA) is 101 Å². The largest absolute Gasteiger partial charge is 0.492 e. The van der Waals surface area contributed by atoms with Crippen LogP contribution >= 0.6 is 0 Å². The van der Waals surface area contributed by atoms with Crippen LogP contribution < -0.4 is 15.0 Å². The molecule has 1 saturated heterocycles. The summed E-state index contributed by atoms with van der Waals surface area (Å²) in [5.41, 5.74) is 4.35. The second-order valence-corrected chi connectivity index (χ2v) is 13.5. The van der Waals surface area contributed by atoms with Crippen molar-refractivity contribution in [2.45, 2.75) is 52.4 Å². The fourth-order valence-electron chi connectivity index (χ4n) is 8.73. The molecule has 5 aliphatic rings. The van der Waals surface area contributed by atoms with Crippen LogP contribution in [-0.4, -0.2) is 71.2 Å². The first-order valence-electron chi connectivity index (χ1n) is 16.2. The standard InChI is InChI=1S/C35H42N6O3/c1-3-44-29-16-28(20-36-21-29)30-5-4-27(12-23(30)2)34(43)41-10-8-40(9-11-41)32-7-6-31(38-39-32)33(42)37-22-35-17-24-13-25(18-35)15-26(14-24)19-35/h4-7,12,16,20-21,24-26H,3,8-11,13-15,17-19,22H2,1-2H3,(H,37,42). The predicted molar refractivity (Wildman–Crippen MR) is 169 cm³/mol. The Bertz CT molecular complexity index is 1500. The zero-order chi connectivity index (χ0) is 30.3. The van der Waals surface area contributed by atoms with Crippen LogP contribution in [0.1, 0.15) is 71.9 Å². The van der Waals surface area contributed by atoms with Gasteiger partial charge in [0.15, 0.2) is 11.5 Å². The summed E-state index contributed by atoms with van der Waals surface area (Å²) >= 11 is 0. The number of carbonyl (C=O) groups is 2. The number of carbonyl (C=O) groups excluding carboxylic acids is 2. The van der Waals surface area contributed by atoms with Crippen LogP contribution in [0.25, 0.3) is 11.1 Å². The first-order chi connectivity index (χ1) is 21.4. The lowest BCUT2D eigenvalue weighted by Gasteiger charge is -2.56. The quantitative estimate of drug-likeness (QED) is 0.385. The molecule has 2 aromatic heterocycles. The second kappa shape index (κ2) is 11.8. The Labute approximate surface area is 259 Å². The average molecular weight is 595 g/mol. The van der Waals surface area contributed by atoms with Gasteiger partial charge < -0.3 is 19.9 Å². The molecule has 4 saturated carbocycles. The van der Waals surface area contributed by atoms with Crippen molar-refractivity contribution >= 4 is 17.6 Å². The highest BCUT2D eigenvalue weighted by Crippen LogP contribution is 2.59. The molecule has 9 nitrogen and oxygen atoms in total. The lowest BCUT2D eigenvalue weighted by Crippen LogP contribution is -2.51. The Morgan fingerprint density at radius 1 is 0.932 bits per heavy atom. The zero-order valence-corrected chi connectivity index (χ0v) is 25.8. The van der Waals surface area contributed by atoms with E-state index in [1.807, 2.05) is 55.3 Å². The number of aromatic nitrogens is 3. The first kappa shape index (κ1) is 28.7. The molecule has 9 heteroatoms. The molecule has 0 unspecified atom stereocenters. The number of amides is 2. The van der Waals surface area contributed by atoms with Crippen LogP contribution in [-0.2, 0) is 0 Å². The van der Waals surface area contributed by atoms with Gasteiger partial charge in [-0.15, -0.1) is 10.2 Å². The van der Waals surface area contributed by atoms with Gasteiger partial charge in [-0.1, -0.05) is 6.07 Å². The van der Waals surface area contributed by atoms with E-state index in [0.717, 1.165) is 52.6 Å². The Morgan fingerprint density at radius 3 is 2.30 bits per heavy atom. The van der Waals surface area contributed by atoms with E-state index < -0.39 is 0 Å². The van der Waals surface area contributed by atoms with Gasteiger partial charge in [0, 0.05) is 50.0 Å². The number of aryl methyl sites for hydroxylation is 1. The highest BCUT2D eigenvalue weighted by Gasteiger charge is 2.50. The Hall–Kier alpha value is -4.01. The van der Waals surface area contributed by atoms with E-state index in [1.165, 1.54) is 38.5 Å². The molecule has 8 rings (SSSR count). The van der Waals surface area contributed by atoms with Crippen molar-refractivity contribution in [2.75, 3.05) is 44.2 Å². The number of piperazine rings is 1. The maximum atomic E-state index is 13.4. The molecule has 0 atom stereocenters. The highest BCUT2D eigenvalue weighted by molar-refractivity contribution is 5.95. The molecule has 1 N–H and O–H groups in total. The molecular formula is C35H42N6O3. The van der Waals surface area contributed by atoms with E-state index in [9.17, 15) is 9.59 Å². The highest BCUT2D eigenvalue weighted by atomic mass is 16.5. The molecule has 3 heterocycles. The molecule has 44 heavy (non-hydrogen) atoms. The maximum absolute atomic E-state index is 13.4. The third kappa shape index (κ3) is 5.76. The fourth-order valence-corrected chi connectivity index (χ4v) is 8.73. The number of nitrogens with one attached hydrogen (secondary N) is 1. The van der Waals surface area contributed by atoms with Gasteiger partial charge in [-0.05, 0) is 117 Å². The third-order valence-corrected chi connectivity index (χ3v) is 10.4. The number of nitrogens with zero attached hydrogens (tertiary/aromatic N) is 5. The molecule has 230 valence electrons. The van der Waals surface area contributed by atoms with Crippen LogP contribution in [0.4, 0.5) is 5.82 Å². The van der Waals surface area contributed by atoms with Crippen molar-refractivity contribution in [2.24, 2.45) is 23.2 Å². The van der Waals surface area contributed by atoms with Crippen molar-refractivity contribution < 1.29 is 14.3 Å². The van der Waals surface area contributed by atoms with E-state index in [2.05, 4.69) is 25.4 Å². The molecule has 4 bridgehead atoms. The second-order valence-electron chi connectivity index (χ2n) is 13.5. The molecule has 3 aromatic rings. The summed E-state index contributed by atoms with van der Waals surface area (Å²) in [6.45, 7) is 7.81. The molecule has 1 aliphatic heterocycles. The lowest BCUT2D eigenvalue weighted by atomic mass is 9.49. The van der Waals surface area contributed by atoms with Gasteiger partial charge in [0.2, 0.25) is 0 Å². The summed E-state index contributed by atoms with van der Waals surface area (Å²) in [4.78, 5) is 34.7. The van der Waals surface area contributed by atoms with Crippen molar-refractivity contribution in [3.8, 4) is 16.9 Å². The van der Waals surface area contributed by atoms with Gasteiger partial charge in [-0.3, -0.25) is 14.6 Å². The number of pyridine rings is 1. The average Bonchev–Trinajstić information content (AvgIpc) is 3.03. The number of hydrogen-bond donors (Lipinski definition) is 1. The summed E-state index contributed by atoms with van der Waals surface area (Å²) in [6, 6.07) is 11.5. The van der Waals surface area contributed by atoms with Gasteiger partial charge in [-0.2, -0.15) is 0 Å². The minimum absolute atomic E-state index is 0.0256. The predicted octanol–water partition coefficient (Wildman–Crippen LogP) is 5.15. The number of anilines is 1. The number of hydrogen-bond acceptors (Lipinski definition) is 7. The molecule has 0 spiro atoms. The minimum atomic E-state index is -0.130. The smallest absolute Gasteiger partial charge is 0.271 e. The van der Waals surface area contributed by atoms with Crippen LogP contribution in [0.2, 0.25) is 0 Å². The maximum Gasteiger partial charge on any atom is 0.271 e. The van der Waals surface area contributed by atoms with Gasteiger partial charge in [0.25, 0.3) is 11.8 Å². The molecular weight excluding hydrogens is 552 g/mol. The zero-order valence-electron chi connectivity index (χ0n) is 25.8. The van der Waals surface area contributed by atoms with E-state index in [1.54, 1.807) is 12.3 Å². The Kier molecular flexibility index (Phi) is 7.72. The molecule has 0 radical (unpaired) electrons. The van der Waals surface area contributed by atoms with Crippen LogP contribution in [0.3, 0.4) is 0 Å². The van der Waals surface area contributed by atoms with Gasteiger partial charge in [-0.25, -0.2) is 0 Å². The van der Waals surface area contributed by atoms with E-state index >= 15 is 0 Å². The summed E-state index contributed by atoms with van der Waals surface area (Å²) in [5, 5.41) is 11.9. The SMILES string of the molecule is CCOc1cncc(-c2ccc(C(=O)N3CCN(c4ccc(C(=O)NCC56CC7CC(CC(C7)C5)C6)nn4)CC3)cc2C)c1. The summed E-state index contributed by atoms with van der Waals surface area (Å²) in [6.07, 6.45) is 11.5. The van der Waals surface area contributed by atoms with Gasteiger partial charge in [0.1, 0.15) is 5.75 Å². The van der Waals surface area contributed by atoms with Crippen LogP contribution in [0, 0.1) is 30.1 Å². The van der Waals surface area contributed by atoms with E-state index in [0.29, 0.717) is 49.5 Å². The van der Waals surface area contributed by atoms with E-state index in [4.69, 9.17) is 4.74 Å². The summed E-state index contributed by atoms with van der Waals surface area (Å²) in [7, 11) is 0. The number of ether oxygens (including phenoxy) is 1. The van der Waals surface area contributed by atoms with Crippen LogP contribution in [0.15, 0.2) is 48.8 Å².